The van der Waals surface area contributed by atoms with Crippen LogP contribution in [-0.2, 0) is 11.2 Å². The predicted molar refractivity (Wildman–Crippen MR) is 95.5 cm³/mol. The Balaban J connectivity index is 1.75. The molecule has 1 amide bonds. The number of nitrogens with zero attached hydrogens (tertiary/aromatic N) is 1. The van der Waals surface area contributed by atoms with E-state index in [4.69, 9.17) is 16.3 Å². The first-order valence-electron chi connectivity index (χ1n) is 8.38. The number of aliphatic hydroxyl groups excluding tert-OH is 1. The molecule has 1 aliphatic carbocycles. The SMILES string of the molecule is COc1ccc([C@H](NC(=O)Cc2c(F)cccc2Cl)C2CC(O)C2)cn1. The third-order valence-corrected chi connectivity index (χ3v) is 5.02. The second-order valence-corrected chi connectivity index (χ2v) is 6.85. The van der Waals surface area contributed by atoms with Gasteiger partial charge in [-0.25, -0.2) is 9.37 Å². The Morgan fingerprint density at radius 2 is 2.19 bits per heavy atom. The zero-order chi connectivity index (χ0) is 18.7. The van der Waals surface area contributed by atoms with E-state index in [0.29, 0.717) is 18.7 Å². The number of carbonyl (C=O) groups is 1. The van der Waals surface area contributed by atoms with Crippen LogP contribution in [0.25, 0.3) is 0 Å². The minimum atomic E-state index is -0.505. The van der Waals surface area contributed by atoms with Crippen molar-refractivity contribution in [2.45, 2.75) is 31.4 Å². The van der Waals surface area contributed by atoms with Gasteiger partial charge in [0.05, 0.1) is 25.7 Å². The molecule has 0 unspecified atom stereocenters. The molecular weight excluding hydrogens is 359 g/mol. The monoisotopic (exact) mass is 378 g/mol. The highest BCUT2D eigenvalue weighted by Crippen LogP contribution is 2.38. The fraction of sp³-hybridized carbons (Fsp3) is 0.368. The van der Waals surface area contributed by atoms with Crippen molar-refractivity contribution in [1.29, 1.82) is 0 Å². The number of hydrogen-bond donors (Lipinski definition) is 2. The smallest absolute Gasteiger partial charge is 0.225 e. The van der Waals surface area contributed by atoms with E-state index in [1.54, 1.807) is 18.3 Å². The van der Waals surface area contributed by atoms with Gasteiger partial charge in [0.1, 0.15) is 5.82 Å². The molecule has 0 aliphatic heterocycles. The van der Waals surface area contributed by atoms with Crippen molar-refractivity contribution in [2.24, 2.45) is 5.92 Å². The average molecular weight is 379 g/mol. The van der Waals surface area contributed by atoms with E-state index in [0.717, 1.165) is 5.56 Å². The maximum atomic E-state index is 13.9. The Morgan fingerprint density at radius 3 is 2.77 bits per heavy atom. The molecule has 1 atom stereocenters. The van der Waals surface area contributed by atoms with E-state index >= 15 is 0 Å². The minimum absolute atomic E-state index is 0.0974. The number of methoxy groups -OCH3 is 1. The highest BCUT2D eigenvalue weighted by Gasteiger charge is 2.36. The molecule has 26 heavy (non-hydrogen) atoms. The number of rotatable bonds is 6. The van der Waals surface area contributed by atoms with Gasteiger partial charge >= 0.3 is 0 Å². The lowest BCUT2D eigenvalue weighted by Crippen LogP contribution is -2.42. The fourth-order valence-corrected chi connectivity index (χ4v) is 3.39. The van der Waals surface area contributed by atoms with Crippen LogP contribution in [0.2, 0.25) is 5.02 Å². The van der Waals surface area contributed by atoms with Crippen molar-refractivity contribution in [2.75, 3.05) is 7.11 Å². The normalized spacial score (nSPS) is 20.2. The van der Waals surface area contributed by atoms with Crippen molar-refractivity contribution in [3.8, 4) is 5.88 Å². The molecule has 0 spiro atoms. The molecule has 7 heteroatoms. The Bertz CT molecular complexity index is 759. The van der Waals surface area contributed by atoms with Crippen LogP contribution < -0.4 is 10.1 Å². The van der Waals surface area contributed by atoms with Gasteiger partial charge in [-0.15, -0.1) is 0 Å². The van der Waals surface area contributed by atoms with E-state index in [1.165, 1.54) is 19.2 Å². The number of nitrogens with one attached hydrogen (secondary N) is 1. The number of hydrogen-bond acceptors (Lipinski definition) is 4. The van der Waals surface area contributed by atoms with Gasteiger partial charge in [0, 0.05) is 22.8 Å². The van der Waals surface area contributed by atoms with Gasteiger partial charge in [0.2, 0.25) is 11.8 Å². The van der Waals surface area contributed by atoms with Crippen LogP contribution in [0.4, 0.5) is 4.39 Å². The quantitative estimate of drug-likeness (QED) is 0.810. The number of halogens is 2. The Hall–Kier alpha value is -2.18. The number of pyridine rings is 1. The van der Waals surface area contributed by atoms with Gasteiger partial charge in [-0.2, -0.15) is 0 Å². The van der Waals surface area contributed by atoms with E-state index in [2.05, 4.69) is 10.3 Å². The second kappa shape index (κ2) is 8.01. The van der Waals surface area contributed by atoms with Crippen LogP contribution >= 0.6 is 11.6 Å². The number of carbonyl (C=O) groups excluding carboxylic acids is 1. The summed E-state index contributed by atoms with van der Waals surface area (Å²) in [7, 11) is 1.53. The van der Waals surface area contributed by atoms with Crippen molar-refractivity contribution in [3.05, 3.63) is 58.5 Å². The molecule has 0 radical (unpaired) electrons. The summed E-state index contributed by atoms with van der Waals surface area (Å²) >= 11 is 6.00. The zero-order valence-corrected chi connectivity index (χ0v) is 15.0. The van der Waals surface area contributed by atoms with Gasteiger partial charge < -0.3 is 15.2 Å². The van der Waals surface area contributed by atoms with Crippen molar-refractivity contribution >= 4 is 17.5 Å². The molecule has 138 valence electrons. The maximum absolute atomic E-state index is 13.9. The van der Waals surface area contributed by atoms with Crippen LogP contribution in [0.5, 0.6) is 5.88 Å². The summed E-state index contributed by atoms with van der Waals surface area (Å²) in [6, 6.07) is 7.58. The first-order chi connectivity index (χ1) is 12.5. The molecule has 0 bridgehead atoms. The van der Waals surface area contributed by atoms with Crippen LogP contribution in [0.15, 0.2) is 36.5 Å². The van der Waals surface area contributed by atoms with Gasteiger partial charge in [0.15, 0.2) is 0 Å². The topological polar surface area (TPSA) is 71.5 Å². The molecule has 1 aromatic carbocycles. The van der Waals surface area contributed by atoms with Gasteiger partial charge in [-0.05, 0) is 36.5 Å². The lowest BCUT2D eigenvalue weighted by atomic mass is 9.75. The Morgan fingerprint density at radius 1 is 1.42 bits per heavy atom. The summed E-state index contributed by atoms with van der Waals surface area (Å²) in [6.45, 7) is 0. The number of amides is 1. The van der Waals surface area contributed by atoms with Crippen molar-refractivity contribution in [3.63, 3.8) is 0 Å². The van der Waals surface area contributed by atoms with Crippen molar-refractivity contribution in [1.82, 2.24) is 10.3 Å². The summed E-state index contributed by atoms with van der Waals surface area (Å²) in [5.41, 5.74) is 0.989. The minimum Gasteiger partial charge on any atom is -0.481 e. The molecule has 1 fully saturated rings. The molecule has 5 nitrogen and oxygen atoms in total. The van der Waals surface area contributed by atoms with Crippen LogP contribution in [0, 0.1) is 11.7 Å². The maximum Gasteiger partial charge on any atom is 0.225 e. The molecule has 1 heterocycles. The average Bonchev–Trinajstić information content (AvgIpc) is 2.61. The highest BCUT2D eigenvalue weighted by atomic mass is 35.5. The number of aliphatic hydroxyl groups is 1. The predicted octanol–water partition coefficient (Wildman–Crippen LogP) is 3.05. The van der Waals surface area contributed by atoms with Gasteiger partial charge in [-0.3, -0.25) is 4.79 Å². The summed E-state index contributed by atoms with van der Waals surface area (Å²) in [5, 5.41) is 12.8. The largest absolute Gasteiger partial charge is 0.481 e. The molecule has 1 aliphatic rings. The van der Waals surface area contributed by atoms with Crippen LogP contribution in [-0.4, -0.2) is 29.2 Å². The van der Waals surface area contributed by atoms with E-state index in [-0.39, 0.29) is 41.0 Å². The molecule has 0 saturated heterocycles. The Kier molecular flexibility index (Phi) is 5.74. The summed E-state index contributed by atoms with van der Waals surface area (Å²) in [5.74, 6) is -0.264. The third kappa shape index (κ3) is 4.14. The molecule has 3 rings (SSSR count). The molecular formula is C19H20ClFN2O3. The summed E-state index contributed by atoms with van der Waals surface area (Å²) in [6.07, 6.45) is 2.33. The standard InChI is InChI=1S/C19H20ClFN2O3/c1-26-18-6-5-11(10-22-18)19(12-7-13(24)8-12)23-17(25)9-14-15(20)3-2-4-16(14)21/h2-6,10,12-13,19,24H,7-9H2,1H3,(H,23,25)/t12?,13?,19-/m0/s1. The van der Waals surface area contributed by atoms with E-state index in [9.17, 15) is 14.3 Å². The van der Waals surface area contributed by atoms with E-state index in [1.807, 2.05) is 6.07 Å². The first-order valence-corrected chi connectivity index (χ1v) is 8.76. The number of ether oxygens (including phenoxy) is 1. The van der Waals surface area contributed by atoms with Gasteiger partial charge in [-0.1, -0.05) is 23.7 Å². The molecule has 1 saturated carbocycles. The molecule has 2 N–H and O–H groups in total. The lowest BCUT2D eigenvalue weighted by Gasteiger charge is -2.38. The lowest BCUT2D eigenvalue weighted by molar-refractivity contribution is -0.122. The fourth-order valence-electron chi connectivity index (χ4n) is 3.16. The Labute approximate surface area is 156 Å². The van der Waals surface area contributed by atoms with Crippen LogP contribution in [0.3, 0.4) is 0 Å². The summed E-state index contributed by atoms with van der Waals surface area (Å²) < 4.78 is 19.0. The molecule has 2 aromatic rings. The highest BCUT2D eigenvalue weighted by molar-refractivity contribution is 6.31. The van der Waals surface area contributed by atoms with E-state index < -0.39 is 5.82 Å². The number of benzene rings is 1. The zero-order valence-electron chi connectivity index (χ0n) is 14.3. The molecule has 1 aromatic heterocycles. The summed E-state index contributed by atoms with van der Waals surface area (Å²) in [4.78, 5) is 16.7. The van der Waals surface area contributed by atoms with Crippen molar-refractivity contribution < 1.29 is 19.0 Å². The van der Waals surface area contributed by atoms with Crippen LogP contribution in [0.1, 0.15) is 30.0 Å². The number of aromatic nitrogens is 1. The first kappa shape index (κ1) is 18.6. The van der Waals surface area contributed by atoms with Gasteiger partial charge in [0.25, 0.3) is 0 Å². The second-order valence-electron chi connectivity index (χ2n) is 6.44. The third-order valence-electron chi connectivity index (χ3n) is 4.66.